The quantitative estimate of drug-likeness (QED) is 0.187. The zero-order valence-corrected chi connectivity index (χ0v) is 27.2. The SMILES string of the molecule is CC1(c2ccc(-c3ccc(C4(C)c5ccccc5-c5cc6ccccc6cc54)cc3)cc2)c2ccccc2-c2cc3ccccc3cc21. The molecule has 10 rings (SSSR count). The maximum absolute atomic E-state index is 2.42. The summed E-state index contributed by atoms with van der Waals surface area (Å²) in [4.78, 5) is 0. The van der Waals surface area contributed by atoms with Gasteiger partial charge in [-0.3, -0.25) is 0 Å². The van der Waals surface area contributed by atoms with E-state index in [1.165, 1.54) is 88.3 Å². The lowest BCUT2D eigenvalue weighted by Crippen LogP contribution is -2.22. The highest BCUT2D eigenvalue weighted by Gasteiger charge is 2.42. The molecule has 0 fully saturated rings. The van der Waals surface area contributed by atoms with Crippen LogP contribution >= 0.6 is 0 Å². The fourth-order valence-electron chi connectivity index (χ4n) is 8.97. The number of rotatable bonds is 3. The molecule has 2 aliphatic carbocycles. The Morgan fingerprint density at radius 3 is 1.02 bits per heavy atom. The van der Waals surface area contributed by atoms with Crippen molar-refractivity contribution < 1.29 is 0 Å². The van der Waals surface area contributed by atoms with Crippen LogP contribution in [0.1, 0.15) is 47.2 Å². The Bertz CT molecular complexity index is 2390. The van der Waals surface area contributed by atoms with E-state index in [1.54, 1.807) is 0 Å². The van der Waals surface area contributed by atoms with Gasteiger partial charge in [0.15, 0.2) is 0 Å². The van der Waals surface area contributed by atoms with E-state index in [4.69, 9.17) is 0 Å². The zero-order valence-electron chi connectivity index (χ0n) is 27.2. The van der Waals surface area contributed by atoms with Gasteiger partial charge in [-0.2, -0.15) is 0 Å². The minimum atomic E-state index is -0.222. The first-order valence-electron chi connectivity index (χ1n) is 17.0. The third-order valence-corrected chi connectivity index (χ3v) is 11.6. The van der Waals surface area contributed by atoms with Crippen molar-refractivity contribution in [2.45, 2.75) is 24.7 Å². The molecule has 48 heavy (non-hydrogen) atoms. The van der Waals surface area contributed by atoms with Crippen molar-refractivity contribution in [1.82, 2.24) is 0 Å². The van der Waals surface area contributed by atoms with Gasteiger partial charge in [0.05, 0.1) is 0 Å². The molecule has 0 saturated carbocycles. The van der Waals surface area contributed by atoms with E-state index in [0.29, 0.717) is 0 Å². The highest BCUT2D eigenvalue weighted by molar-refractivity contribution is 5.96. The van der Waals surface area contributed by atoms with Gasteiger partial charge >= 0.3 is 0 Å². The molecular weight excluding hydrogens is 577 g/mol. The average molecular weight is 611 g/mol. The summed E-state index contributed by atoms with van der Waals surface area (Å²) in [6, 6.07) is 63.6. The lowest BCUT2D eigenvalue weighted by molar-refractivity contribution is 0.714. The summed E-state index contributed by atoms with van der Waals surface area (Å²) < 4.78 is 0. The van der Waals surface area contributed by atoms with Crippen LogP contribution in [0.5, 0.6) is 0 Å². The second-order valence-corrected chi connectivity index (χ2v) is 14.0. The van der Waals surface area contributed by atoms with E-state index in [9.17, 15) is 0 Å². The molecule has 0 nitrogen and oxygen atoms in total. The standard InChI is InChI=1S/C48H34/c1-47(43-17-9-7-15-39(43)41-27-33-11-3-5-13-35(33)29-45(41)47)37-23-19-31(20-24-37)32-21-25-38(26-22-32)48(2)44-18-10-8-16-40(44)42-28-34-12-4-6-14-36(34)30-46(42)48/h3-30H,1-2H3. The Hall–Kier alpha value is -5.72. The van der Waals surface area contributed by atoms with Gasteiger partial charge in [0.2, 0.25) is 0 Å². The molecule has 0 N–H and O–H groups in total. The van der Waals surface area contributed by atoms with E-state index >= 15 is 0 Å². The van der Waals surface area contributed by atoms with Crippen molar-refractivity contribution in [1.29, 1.82) is 0 Å². The molecule has 226 valence electrons. The highest BCUT2D eigenvalue weighted by atomic mass is 14.4. The fourth-order valence-corrected chi connectivity index (χ4v) is 8.97. The maximum Gasteiger partial charge on any atom is 0.0435 e. The fraction of sp³-hybridized carbons (Fsp3) is 0.0833. The van der Waals surface area contributed by atoms with Gasteiger partial charge in [0.25, 0.3) is 0 Å². The molecule has 2 unspecified atom stereocenters. The molecule has 0 aliphatic heterocycles. The van der Waals surface area contributed by atoms with Crippen LogP contribution in [0.25, 0.3) is 54.9 Å². The van der Waals surface area contributed by atoms with Crippen molar-refractivity contribution in [3.05, 3.63) is 203 Å². The Labute approximate surface area is 282 Å². The van der Waals surface area contributed by atoms with Crippen molar-refractivity contribution in [2.75, 3.05) is 0 Å². The van der Waals surface area contributed by atoms with Gasteiger partial charge in [-0.25, -0.2) is 0 Å². The maximum atomic E-state index is 2.42. The van der Waals surface area contributed by atoms with Gasteiger partial charge in [0.1, 0.15) is 0 Å². The monoisotopic (exact) mass is 610 g/mol. The predicted molar refractivity (Wildman–Crippen MR) is 202 cm³/mol. The van der Waals surface area contributed by atoms with E-state index in [0.717, 1.165) is 0 Å². The summed E-state index contributed by atoms with van der Waals surface area (Å²) in [5, 5.41) is 5.17. The van der Waals surface area contributed by atoms with Crippen LogP contribution in [0.2, 0.25) is 0 Å². The minimum absolute atomic E-state index is 0.222. The van der Waals surface area contributed by atoms with Crippen LogP contribution in [-0.2, 0) is 10.8 Å². The highest BCUT2D eigenvalue weighted by Crippen LogP contribution is 2.55. The molecule has 0 amide bonds. The lowest BCUT2D eigenvalue weighted by Gasteiger charge is -2.29. The van der Waals surface area contributed by atoms with Crippen LogP contribution in [0, 0.1) is 0 Å². The van der Waals surface area contributed by atoms with Gasteiger partial charge < -0.3 is 0 Å². The van der Waals surface area contributed by atoms with E-state index in [-0.39, 0.29) is 10.8 Å². The summed E-state index contributed by atoms with van der Waals surface area (Å²) in [5.41, 5.74) is 15.6. The first-order chi connectivity index (χ1) is 23.5. The molecule has 0 radical (unpaired) electrons. The Morgan fingerprint density at radius 2 is 0.625 bits per heavy atom. The summed E-state index contributed by atoms with van der Waals surface area (Å²) in [6.45, 7) is 4.80. The second-order valence-electron chi connectivity index (χ2n) is 14.0. The Kier molecular flexibility index (Phi) is 5.65. The molecule has 8 aromatic rings. The molecule has 2 aliphatic rings. The Morgan fingerprint density at radius 1 is 0.292 bits per heavy atom. The lowest BCUT2D eigenvalue weighted by atomic mass is 9.73. The number of fused-ring (bicyclic) bond motifs is 8. The Balaban J connectivity index is 1.04. The molecule has 0 saturated heterocycles. The smallest absolute Gasteiger partial charge is 0.0435 e. The van der Waals surface area contributed by atoms with E-state index in [1.807, 2.05) is 0 Å². The molecule has 0 heterocycles. The first-order valence-corrected chi connectivity index (χ1v) is 17.0. The average Bonchev–Trinajstić information content (AvgIpc) is 3.55. The molecule has 0 spiro atoms. The molecule has 0 bridgehead atoms. The van der Waals surface area contributed by atoms with E-state index < -0.39 is 0 Å². The van der Waals surface area contributed by atoms with Gasteiger partial charge in [-0.05, 0) is 126 Å². The minimum Gasteiger partial charge on any atom is -0.0619 e. The predicted octanol–water partition coefficient (Wildman–Crippen LogP) is 12.3. The second kappa shape index (κ2) is 9.89. The summed E-state index contributed by atoms with van der Waals surface area (Å²) in [6.07, 6.45) is 0. The van der Waals surface area contributed by atoms with Crippen molar-refractivity contribution in [3.8, 4) is 33.4 Å². The van der Waals surface area contributed by atoms with Gasteiger partial charge in [0, 0.05) is 10.8 Å². The first kappa shape index (κ1) is 27.4. The number of hydrogen-bond donors (Lipinski definition) is 0. The topological polar surface area (TPSA) is 0 Å². The molecule has 0 heteroatoms. The molecular formula is C48H34. The molecule has 0 aromatic heterocycles. The number of benzene rings is 8. The largest absolute Gasteiger partial charge is 0.0619 e. The van der Waals surface area contributed by atoms with E-state index in [2.05, 4.69) is 184 Å². The number of hydrogen-bond acceptors (Lipinski definition) is 0. The van der Waals surface area contributed by atoms with Crippen LogP contribution in [0.4, 0.5) is 0 Å². The van der Waals surface area contributed by atoms with Crippen LogP contribution in [-0.4, -0.2) is 0 Å². The van der Waals surface area contributed by atoms with Crippen molar-refractivity contribution in [2.24, 2.45) is 0 Å². The molecule has 2 atom stereocenters. The van der Waals surface area contributed by atoms with Crippen LogP contribution in [0.15, 0.2) is 170 Å². The van der Waals surface area contributed by atoms with Crippen LogP contribution in [0.3, 0.4) is 0 Å². The third kappa shape index (κ3) is 3.66. The van der Waals surface area contributed by atoms with Gasteiger partial charge in [-0.15, -0.1) is 0 Å². The summed E-state index contributed by atoms with van der Waals surface area (Å²) in [7, 11) is 0. The summed E-state index contributed by atoms with van der Waals surface area (Å²) >= 11 is 0. The molecule has 8 aromatic carbocycles. The van der Waals surface area contributed by atoms with Crippen molar-refractivity contribution >= 4 is 21.5 Å². The van der Waals surface area contributed by atoms with Gasteiger partial charge in [-0.1, -0.05) is 146 Å². The van der Waals surface area contributed by atoms with Crippen LogP contribution < -0.4 is 0 Å². The third-order valence-electron chi connectivity index (χ3n) is 11.6. The normalized spacial score (nSPS) is 18.8. The van der Waals surface area contributed by atoms with Crippen molar-refractivity contribution in [3.63, 3.8) is 0 Å². The zero-order chi connectivity index (χ0) is 32.0. The summed E-state index contributed by atoms with van der Waals surface area (Å²) in [5.74, 6) is 0.